The van der Waals surface area contributed by atoms with E-state index in [9.17, 15) is 0 Å². The van der Waals surface area contributed by atoms with Gasteiger partial charge in [0.15, 0.2) is 0 Å². The Morgan fingerprint density at radius 2 is 1.75 bits per heavy atom. The van der Waals surface area contributed by atoms with E-state index in [0.717, 1.165) is 0 Å². The first kappa shape index (κ1) is 10.8. The highest BCUT2D eigenvalue weighted by atomic mass is 127. The van der Waals surface area contributed by atoms with Gasteiger partial charge in [-0.3, -0.25) is 0 Å². The first-order chi connectivity index (χ1) is 5.64. The van der Waals surface area contributed by atoms with Gasteiger partial charge in [0.25, 0.3) is 0 Å². The Bertz CT molecular complexity index is 128. The number of hydrogen-bond acceptors (Lipinski definition) is 1. The van der Waals surface area contributed by atoms with E-state index in [1.54, 1.807) is 0 Å². The molecule has 0 unspecified atom stereocenters. The zero-order valence-electron chi connectivity index (χ0n) is 8.27. The molecule has 1 aliphatic heterocycles. The smallest absolute Gasteiger partial charge is 0.00589 e. The molecule has 0 bridgehead atoms. The van der Waals surface area contributed by atoms with E-state index in [2.05, 4.69) is 41.3 Å². The van der Waals surface area contributed by atoms with Crippen molar-refractivity contribution in [3.05, 3.63) is 0 Å². The van der Waals surface area contributed by atoms with E-state index in [-0.39, 0.29) is 0 Å². The van der Waals surface area contributed by atoms with Crippen LogP contribution in [0.2, 0.25) is 0 Å². The van der Waals surface area contributed by atoms with Gasteiger partial charge in [-0.05, 0) is 31.3 Å². The van der Waals surface area contributed by atoms with Gasteiger partial charge in [-0.1, -0.05) is 42.9 Å². The van der Waals surface area contributed by atoms with Gasteiger partial charge in [-0.2, -0.15) is 0 Å². The lowest BCUT2D eigenvalue weighted by Gasteiger charge is -2.33. The highest BCUT2D eigenvalue weighted by Gasteiger charge is 2.21. The van der Waals surface area contributed by atoms with Crippen molar-refractivity contribution in [3.8, 4) is 0 Å². The number of halogens is 1. The van der Waals surface area contributed by atoms with Gasteiger partial charge in [-0.25, -0.2) is 0 Å². The summed E-state index contributed by atoms with van der Waals surface area (Å²) in [5, 5.41) is 0. The van der Waals surface area contributed by atoms with Crippen LogP contribution in [0.1, 0.15) is 33.1 Å². The van der Waals surface area contributed by atoms with Crippen molar-refractivity contribution in [2.45, 2.75) is 33.1 Å². The summed E-state index contributed by atoms with van der Waals surface area (Å²) in [7, 11) is 0. The van der Waals surface area contributed by atoms with Crippen molar-refractivity contribution in [1.82, 2.24) is 4.90 Å². The Kier molecular flexibility index (Phi) is 4.30. The minimum absolute atomic E-state index is 0.512. The van der Waals surface area contributed by atoms with E-state index in [0.29, 0.717) is 5.41 Å². The molecule has 0 aromatic rings. The van der Waals surface area contributed by atoms with Gasteiger partial charge in [0, 0.05) is 11.0 Å². The summed E-state index contributed by atoms with van der Waals surface area (Å²) in [6.07, 6.45) is 4.27. The molecule has 0 atom stereocenters. The van der Waals surface area contributed by atoms with Crippen LogP contribution in [-0.4, -0.2) is 29.0 Å². The van der Waals surface area contributed by atoms with E-state index < -0.39 is 0 Å². The minimum atomic E-state index is 0.512. The van der Waals surface area contributed by atoms with E-state index in [1.165, 1.54) is 43.3 Å². The molecule has 0 saturated carbocycles. The number of hydrogen-bond donors (Lipinski definition) is 0. The van der Waals surface area contributed by atoms with Crippen LogP contribution in [0.15, 0.2) is 0 Å². The summed E-state index contributed by atoms with van der Waals surface area (Å²) < 4.78 is 1.27. The van der Waals surface area contributed by atoms with Crippen LogP contribution in [0.25, 0.3) is 0 Å². The first-order valence-corrected chi connectivity index (χ1v) is 6.45. The second kappa shape index (κ2) is 4.80. The number of alkyl halides is 1. The molecule has 0 N–H and O–H groups in total. The van der Waals surface area contributed by atoms with Crippen LogP contribution < -0.4 is 0 Å². The number of rotatable bonds is 3. The van der Waals surface area contributed by atoms with Crippen LogP contribution in [0, 0.1) is 5.41 Å². The van der Waals surface area contributed by atoms with Crippen LogP contribution in [-0.2, 0) is 0 Å². The molecule has 0 amide bonds. The number of piperidine rings is 1. The van der Waals surface area contributed by atoms with Crippen molar-refractivity contribution in [2.24, 2.45) is 5.41 Å². The summed E-state index contributed by atoms with van der Waals surface area (Å²) >= 11 is 2.50. The van der Waals surface area contributed by atoms with Crippen LogP contribution >= 0.6 is 22.6 Å². The molecule has 1 nitrogen and oxygen atoms in total. The monoisotopic (exact) mass is 281 g/mol. The molecule has 1 fully saturated rings. The topological polar surface area (TPSA) is 3.24 Å². The molecule has 0 aromatic carbocycles. The fourth-order valence-corrected chi connectivity index (χ4v) is 2.01. The number of nitrogens with zero attached hydrogens (tertiary/aromatic N) is 1. The molecule has 1 rings (SSSR count). The molecule has 1 heterocycles. The zero-order chi connectivity index (χ0) is 9.03. The highest BCUT2D eigenvalue weighted by molar-refractivity contribution is 14.1. The van der Waals surface area contributed by atoms with Gasteiger partial charge in [0.1, 0.15) is 0 Å². The Morgan fingerprint density at radius 3 is 2.25 bits per heavy atom. The molecule has 0 radical (unpaired) electrons. The quantitative estimate of drug-likeness (QED) is 0.568. The van der Waals surface area contributed by atoms with Crippen molar-refractivity contribution in [2.75, 3.05) is 24.1 Å². The van der Waals surface area contributed by atoms with Gasteiger partial charge in [0.05, 0.1) is 0 Å². The van der Waals surface area contributed by atoms with E-state index in [1.807, 2.05) is 0 Å². The predicted molar refractivity (Wildman–Crippen MR) is 63.0 cm³/mol. The van der Waals surface area contributed by atoms with Crippen LogP contribution in [0.5, 0.6) is 0 Å². The summed E-state index contributed by atoms with van der Waals surface area (Å²) in [6.45, 7) is 8.69. The third kappa shape index (κ3) is 3.60. The molecule has 1 aliphatic rings. The Labute approximate surface area is 90.0 Å². The third-order valence-corrected chi connectivity index (χ3v) is 4.53. The van der Waals surface area contributed by atoms with Crippen molar-refractivity contribution in [1.29, 1.82) is 0 Å². The average Bonchev–Trinajstić information content (AvgIpc) is 2.06. The minimum Gasteiger partial charge on any atom is -0.303 e. The molecule has 72 valence electrons. The number of likely N-dealkylation sites (tertiary alicyclic amines) is 1. The molecule has 12 heavy (non-hydrogen) atoms. The second-order valence-corrected chi connectivity index (χ2v) is 5.40. The standard InChI is InChI=1S/C10H20IN/c1-10(2,8-11)9-12-6-4-3-5-7-12/h3-9H2,1-2H3. The highest BCUT2D eigenvalue weighted by Crippen LogP contribution is 2.22. The van der Waals surface area contributed by atoms with Crippen LogP contribution in [0.4, 0.5) is 0 Å². The fraction of sp³-hybridized carbons (Fsp3) is 1.00. The summed E-state index contributed by atoms with van der Waals surface area (Å²) in [6, 6.07) is 0. The Hall–Kier alpha value is 0.690. The summed E-state index contributed by atoms with van der Waals surface area (Å²) in [5.41, 5.74) is 0.512. The third-order valence-electron chi connectivity index (χ3n) is 2.46. The Balaban J connectivity index is 2.28. The maximum absolute atomic E-state index is 2.63. The zero-order valence-corrected chi connectivity index (χ0v) is 10.4. The second-order valence-electron chi connectivity index (χ2n) is 4.63. The maximum Gasteiger partial charge on any atom is 0.00589 e. The van der Waals surface area contributed by atoms with Gasteiger partial charge < -0.3 is 4.90 Å². The normalized spacial score (nSPS) is 21.2. The van der Waals surface area contributed by atoms with Gasteiger partial charge in [-0.15, -0.1) is 0 Å². The molecule has 2 heteroatoms. The van der Waals surface area contributed by atoms with Crippen molar-refractivity contribution >= 4 is 22.6 Å². The van der Waals surface area contributed by atoms with Crippen molar-refractivity contribution < 1.29 is 0 Å². The van der Waals surface area contributed by atoms with Gasteiger partial charge in [0.2, 0.25) is 0 Å². The summed E-state index contributed by atoms with van der Waals surface area (Å²) in [4.78, 5) is 2.63. The lowest BCUT2D eigenvalue weighted by molar-refractivity contribution is 0.168. The molecular weight excluding hydrogens is 261 g/mol. The lowest BCUT2D eigenvalue weighted by Crippen LogP contribution is -2.38. The van der Waals surface area contributed by atoms with E-state index >= 15 is 0 Å². The molecule has 0 aliphatic carbocycles. The van der Waals surface area contributed by atoms with Gasteiger partial charge >= 0.3 is 0 Å². The average molecular weight is 281 g/mol. The van der Waals surface area contributed by atoms with E-state index in [4.69, 9.17) is 0 Å². The molecule has 1 saturated heterocycles. The Morgan fingerprint density at radius 1 is 1.17 bits per heavy atom. The molecular formula is C10H20IN. The molecule has 0 spiro atoms. The maximum atomic E-state index is 2.63. The largest absolute Gasteiger partial charge is 0.303 e. The SMILES string of the molecule is CC(C)(CI)CN1CCCCC1. The summed E-state index contributed by atoms with van der Waals surface area (Å²) in [5.74, 6) is 0. The van der Waals surface area contributed by atoms with Crippen LogP contribution in [0.3, 0.4) is 0 Å². The predicted octanol–water partition coefficient (Wildman–Crippen LogP) is 2.93. The van der Waals surface area contributed by atoms with Crippen molar-refractivity contribution in [3.63, 3.8) is 0 Å². The fourth-order valence-electron chi connectivity index (χ4n) is 1.77. The first-order valence-electron chi connectivity index (χ1n) is 4.92. The lowest BCUT2D eigenvalue weighted by atomic mass is 9.95. The molecule has 0 aromatic heterocycles.